The second-order valence-electron chi connectivity index (χ2n) is 12.1. The summed E-state index contributed by atoms with van der Waals surface area (Å²) >= 11 is 6.32. The van der Waals surface area contributed by atoms with Crippen LogP contribution in [0.3, 0.4) is 0 Å². The van der Waals surface area contributed by atoms with E-state index in [9.17, 15) is 14.4 Å². The van der Waals surface area contributed by atoms with Gasteiger partial charge in [-0.25, -0.2) is 0 Å². The average molecular weight is 615 g/mol. The van der Waals surface area contributed by atoms with Crippen molar-refractivity contribution in [3.05, 3.63) is 94.5 Å². The summed E-state index contributed by atoms with van der Waals surface area (Å²) in [6.45, 7) is 4.50. The van der Waals surface area contributed by atoms with E-state index in [0.29, 0.717) is 35.1 Å². The second kappa shape index (κ2) is 12.2. The maximum atomic E-state index is 13.2. The third kappa shape index (κ3) is 5.92. The highest BCUT2D eigenvalue weighted by atomic mass is 35.5. The number of carbonyl (C=O) groups is 3. The van der Waals surface area contributed by atoms with Crippen LogP contribution in [0.25, 0.3) is 0 Å². The van der Waals surface area contributed by atoms with E-state index in [0.717, 1.165) is 44.7 Å². The van der Waals surface area contributed by atoms with Gasteiger partial charge in [0.25, 0.3) is 5.91 Å². The number of rotatable bonds is 8. The number of ether oxygens (including phenoxy) is 2. The number of para-hydroxylation sites is 1. The van der Waals surface area contributed by atoms with Gasteiger partial charge in [-0.2, -0.15) is 0 Å². The number of hydrogen-bond acceptors (Lipinski definition) is 7. The summed E-state index contributed by atoms with van der Waals surface area (Å²) in [5.74, 6) is 0.536. The Labute approximate surface area is 261 Å². The number of hydrogen-bond donors (Lipinski definition) is 1. The number of benzene rings is 3. The van der Waals surface area contributed by atoms with Gasteiger partial charge in [0.1, 0.15) is 29.7 Å². The van der Waals surface area contributed by atoms with Crippen LogP contribution in [0.4, 0.5) is 0 Å². The Kier molecular flexibility index (Phi) is 8.01. The van der Waals surface area contributed by atoms with E-state index in [1.165, 1.54) is 5.56 Å². The smallest absolute Gasteiger partial charge is 0.255 e. The molecule has 3 atom stereocenters. The number of halogens is 1. The highest BCUT2D eigenvalue weighted by molar-refractivity contribution is 6.32. The third-order valence-corrected chi connectivity index (χ3v) is 9.43. The number of likely N-dealkylation sites (tertiary alicyclic amines) is 2. The topological polar surface area (TPSA) is 91.4 Å². The number of nitrogens with zero attached hydrogens (tertiary/aromatic N) is 3. The molecule has 3 saturated heterocycles. The zero-order chi connectivity index (χ0) is 30.2. The minimum absolute atomic E-state index is 0.0715. The molecule has 3 aromatic carbocycles. The van der Waals surface area contributed by atoms with E-state index >= 15 is 0 Å². The normalized spacial score (nSPS) is 24.5. The molecule has 1 N–H and O–H groups in total. The summed E-state index contributed by atoms with van der Waals surface area (Å²) < 4.78 is 12.9. The summed E-state index contributed by atoms with van der Waals surface area (Å²) in [7, 11) is 0. The number of carbonyl (C=O) groups excluding carboxylic acids is 3. The van der Waals surface area contributed by atoms with Gasteiger partial charge >= 0.3 is 0 Å². The molecule has 44 heavy (non-hydrogen) atoms. The SMILES string of the molecule is O=C1CCC(N2Cc3cc(O[C@@H]4CN(Cc5ccccc5)CC[C@H]4N4CC(Oc5ccccc5Cl)C4)ccc3C2=O)C(=O)N1. The Balaban J connectivity index is 1.05. The number of imide groups is 1. The Morgan fingerprint density at radius 1 is 0.886 bits per heavy atom. The molecule has 7 rings (SSSR count). The van der Waals surface area contributed by atoms with Crippen molar-refractivity contribution in [2.75, 3.05) is 26.2 Å². The van der Waals surface area contributed by atoms with Crippen molar-refractivity contribution in [2.24, 2.45) is 0 Å². The molecule has 4 aliphatic heterocycles. The van der Waals surface area contributed by atoms with E-state index in [1.807, 2.05) is 42.5 Å². The second-order valence-corrected chi connectivity index (χ2v) is 12.5. The molecule has 1 unspecified atom stereocenters. The fraction of sp³-hybridized carbons (Fsp3) is 0.382. The first-order valence-electron chi connectivity index (χ1n) is 15.3. The van der Waals surface area contributed by atoms with Crippen molar-refractivity contribution in [1.29, 1.82) is 0 Å². The third-order valence-electron chi connectivity index (χ3n) is 9.12. The minimum Gasteiger partial charge on any atom is -0.487 e. The van der Waals surface area contributed by atoms with E-state index < -0.39 is 11.9 Å². The highest BCUT2D eigenvalue weighted by Crippen LogP contribution is 2.33. The van der Waals surface area contributed by atoms with Crippen LogP contribution in [0.15, 0.2) is 72.8 Å². The van der Waals surface area contributed by atoms with Gasteiger partial charge in [-0.1, -0.05) is 54.1 Å². The van der Waals surface area contributed by atoms with Crippen molar-refractivity contribution in [1.82, 2.24) is 20.0 Å². The Morgan fingerprint density at radius 2 is 1.68 bits per heavy atom. The number of fused-ring (bicyclic) bond motifs is 1. The van der Waals surface area contributed by atoms with Crippen LogP contribution in [0.2, 0.25) is 5.02 Å². The molecule has 3 amide bonds. The fourth-order valence-electron chi connectivity index (χ4n) is 6.82. The monoisotopic (exact) mass is 614 g/mol. The first kappa shape index (κ1) is 28.8. The van der Waals surface area contributed by atoms with Crippen molar-refractivity contribution in [2.45, 2.75) is 56.6 Å². The van der Waals surface area contributed by atoms with Crippen LogP contribution < -0.4 is 14.8 Å². The summed E-state index contributed by atoms with van der Waals surface area (Å²) in [6.07, 6.45) is 1.51. The quantitative estimate of drug-likeness (QED) is 0.385. The van der Waals surface area contributed by atoms with Crippen molar-refractivity contribution < 1.29 is 23.9 Å². The zero-order valence-electron chi connectivity index (χ0n) is 24.4. The van der Waals surface area contributed by atoms with Gasteiger partial charge in [0.05, 0.1) is 5.02 Å². The largest absolute Gasteiger partial charge is 0.487 e. The van der Waals surface area contributed by atoms with Crippen LogP contribution >= 0.6 is 11.6 Å². The molecule has 0 aromatic heterocycles. The molecule has 9 nitrogen and oxygen atoms in total. The molecule has 0 spiro atoms. The van der Waals surface area contributed by atoms with Crippen LogP contribution in [-0.2, 0) is 22.7 Å². The van der Waals surface area contributed by atoms with Gasteiger partial charge in [-0.3, -0.25) is 29.5 Å². The van der Waals surface area contributed by atoms with Crippen LogP contribution in [0.5, 0.6) is 11.5 Å². The number of amides is 3. The van der Waals surface area contributed by atoms with Gasteiger partial charge in [0.15, 0.2) is 0 Å². The Morgan fingerprint density at radius 3 is 2.48 bits per heavy atom. The van der Waals surface area contributed by atoms with Crippen molar-refractivity contribution in [3.63, 3.8) is 0 Å². The number of piperidine rings is 2. The van der Waals surface area contributed by atoms with Crippen molar-refractivity contribution >= 4 is 29.3 Å². The molecule has 0 bridgehead atoms. The molecular weight excluding hydrogens is 580 g/mol. The average Bonchev–Trinajstić information content (AvgIpc) is 3.32. The predicted molar refractivity (Wildman–Crippen MR) is 164 cm³/mol. The summed E-state index contributed by atoms with van der Waals surface area (Å²) in [4.78, 5) is 43.8. The van der Waals surface area contributed by atoms with E-state index in [-0.39, 0.29) is 36.5 Å². The van der Waals surface area contributed by atoms with Gasteiger partial charge in [0, 0.05) is 57.3 Å². The van der Waals surface area contributed by atoms with Crippen LogP contribution in [0.1, 0.15) is 40.7 Å². The Hall–Kier alpha value is -3.92. The summed E-state index contributed by atoms with van der Waals surface area (Å²) in [5.41, 5.74) is 2.68. The fourth-order valence-corrected chi connectivity index (χ4v) is 7.00. The summed E-state index contributed by atoms with van der Waals surface area (Å²) in [6, 6.07) is 23.2. The lowest BCUT2D eigenvalue weighted by atomic mass is 9.95. The zero-order valence-corrected chi connectivity index (χ0v) is 25.1. The molecule has 3 fully saturated rings. The standard InChI is InChI=1S/C34H35ClN4O5/c35-27-8-4-5-9-30(27)44-25-19-38(20-25)28-14-15-37(17-22-6-2-1-3-7-22)21-31(28)43-24-10-11-26-23(16-24)18-39(34(26)42)29-12-13-32(40)36-33(29)41/h1-11,16,25,28-29,31H,12-15,17-21H2,(H,36,40,41)/t28-,29?,31-/m1/s1. The van der Waals surface area contributed by atoms with E-state index in [2.05, 4.69) is 39.4 Å². The minimum atomic E-state index is -0.640. The summed E-state index contributed by atoms with van der Waals surface area (Å²) in [5, 5.41) is 2.98. The van der Waals surface area contributed by atoms with Crippen LogP contribution in [0, 0.1) is 0 Å². The van der Waals surface area contributed by atoms with Gasteiger partial charge in [-0.05, 0) is 54.3 Å². The molecule has 4 heterocycles. The van der Waals surface area contributed by atoms with Gasteiger partial charge in [0.2, 0.25) is 11.8 Å². The lowest BCUT2D eigenvalue weighted by Gasteiger charge is -2.49. The van der Waals surface area contributed by atoms with Crippen LogP contribution in [-0.4, -0.2) is 82.9 Å². The van der Waals surface area contributed by atoms with E-state index in [4.69, 9.17) is 21.1 Å². The lowest BCUT2D eigenvalue weighted by Crippen LogP contribution is -2.65. The van der Waals surface area contributed by atoms with Crippen molar-refractivity contribution in [3.8, 4) is 11.5 Å². The molecule has 0 saturated carbocycles. The van der Waals surface area contributed by atoms with E-state index in [1.54, 1.807) is 11.0 Å². The first-order valence-corrected chi connectivity index (χ1v) is 15.6. The molecule has 3 aromatic rings. The molecule has 10 heteroatoms. The maximum Gasteiger partial charge on any atom is 0.255 e. The first-order chi connectivity index (χ1) is 21.4. The molecule has 228 valence electrons. The molecule has 4 aliphatic rings. The lowest BCUT2D eigenvalue weighted by molar-refractivity contribution is -0.136. The molecular formula is C34H35ClN4O5. The predicted octanol–water partition coefficient (Wildman–Crippen LogP) is 3.89. The maximum absolute atomic E-state index is 13.2. The molecule has 0 radical (unpaired) electrons. The van der Waals surface area contributed by atoms with Gasteiger partial charge in [-0.15, -0.1) is 0 Å². The Bertz CT molecular complexity index is 1560. The number of nitrogens with one attached hydrogen (secondary N) is 1. The van der Waals surface area contributed by atoms with Gasteiger partial charge < -0.3 is 14.4 Å². The molecule has 0 aliphatic carbocycles. The highest BCUT2D eigenvalue weighted by Gasteiger charge is 2.42.